The van der Waals surface area contributed by atoms with Crippen LogP contribution in [-0.2, 0) is 80.9 Å². The van der Waals surface area contributed by atoms with Gasteiger partial charge < -0.3 is 52.1 Å². The Morgan fingerprint density at radius 2 is 0.841 bits per heavy atom. The number of carbonyl (C=O) groups is 6. The molecular weight excluding hydrogens is 848 g/mol. The molecule has 2 aromatic rings. The number of hydrogen-bond acceptors (Lipinski definition) is 21. The third-order valence-electron chi connectivity index (χ3n) is 9.05. The molecule has 4 rings (SSSR count). The zero-order valence-electron chi connectivity index (χ0n) is 34.9. The van der Waals surface area contributed by atoms with Crippen LogP contribution < -0.4 is 22.5 Å². The van der Waals surface area contributed by atoms with Gasteiger partial charge in [-0.2, -0.15) is 0 Å². The van der Waals surface area contributed by atoms with Gasteiger partial charge in [0.15, 0.2) is 36.9 Å². The predicted octanol–water partition coefficient (Wildman–Crippen LogP) is -1.69. The van der Waals surface area contributed by atoms with Gasteiger partial charge in [-0.05, 0) is 0 Å². The third-order valence-corrected chi connectivity index (χ3v) is 9.05. The predicted molar refractivity (Wildman–Crippen MR) is 206 cm³/mol. The lowest BCUT2D eigenvalue weighted by Crippen LogP contribution is -2.43. The largest absolute Gasteiger partial charge is 0.461 e. The van der Waals surface area contributed by atoms with Gasteiger partial charge in [0.2, 0.25) is 0 Å². The number of nitrogens with one attached hydrogen (secondary N) is 2. The van der Waals surface area contributed by atoms with Crippen molar-refractivity contribution in [3.05, 3.63) is 66.2 Å². The quantitative estimate of drug-likeness (QED) is 0.0674. The second-order valence-electron chi connectivity index (χ2n) is 13.5. The normalized spacial score (nSPS) is 22.8. The molecule has 0 amide bonds. The van der Waals surface area contributed by atoms with Crippen LogP contribution in [-0.4, -0.2) is 144 Å². The summed E-state index contributed by atoms with van der Waals surface area (Å²) in [6.45, 7) is 3.95. The molecule has 0 saturated carbocycles. The van der Waals surface area contributed by atoms with Crippen LogP contribution in [0, 0.1) is 0 Å². The molecule has 0 bridgehead atoms. The second kappa shape index (κ2) is 24.6. The molecule has 2 unspecified atom stereocenters. The van der Waals surface area contributed by atoms with Crippen LogP contribution >= 0.6 is 0 Å². The Morgan fingerprint density at radius 3 is 1.17 bits per heavy atom. The van der Waals surface area contributed by atoms with Crippen LogP contribution in [0.2, 0.25) is 0 Å². The minimum atomic E-state index is -1.35. The Bertz CT molecular complexity index is 1980. The number of aromatic nitrogens is 4. The van der Waals surface area contributed by atoms with Crippen molar-refractivity contribution in [3.63, 3.8) is 0 Å². The highest BCUT2D eigenvalue weighted by molar-refractivity contribution is 5.72. The Hall–Kier alpha value is -6.02. The summed E-state index contributed by atoms with van der Waals surface area (Å²) in [5.74, 6) is -4.45. The van der Waals surface area contributed by atoms with Crippen LogP contribution in [0.3, 0.4) is 0 Å². The third kappa shape index (κ3) is 14.5. The summed E-state index contributed by atoms with van der Waals surface area (Å²) in [5.41, 5.74) is -3.16. The fraction of sp³-hybridized carbons (Fsp3) is 0.632. The number of aromatic amines is 2. The number of nitrogens with zero attached hydrogens (tertiary/aromatic N) is 2. The van der Waals surface area contributed by atoms with Crippen LogP contribution in [0.1, 0.15) is 65.8 Å². The smallest absolute Gasteiger partial charge is 0.332 e. The first-order valence-electron chi connectivity index (χ1n) is 20.0. The summed E-state index contributed by atoms with van der Waals surface area (Å²) in [4.78, 5) is 127. The summed E-state index contributed by atoms with van der Waals surface area (Å²) >= 11 is 0. The van der Waals surface area contributed by atoms with E-state index in [9.17, 15) is 47.9 Å². The monoisotopic (exact) mass is 898 g/mol. The van der Waals surface area contributed by atoms with Crippen molar-refractivity contribution in [1.29, 1.82) is 0 Å². The minimum Gasteiger partial charge on any atom is -0.461 e. The van der Waals surface area contributed by atoms with E-state index in [-0.39, 0.29) is 52.1 Å². The van der Waals surface area contributed by atoms with Gasteiger partial charge in [0.05, 0.1) is 26.4 Å². The molecule has 63 heavy (non-hydrogen) atoms. The lowest BCUT2D eigenvalue weighted by molar-refractivity contribution is -0.169. The first-order chi connectivity index (χ1) is 30.2. The van der Waals surface area contributed by atoms with Crippen molar-refractivity contribution >= 4 is 35.8 Å². The van der Waals surface area contributed by atoms with Crippen molar-refractivity contribution in [2.75, 3.05) is 52.9 Å². The highest BCUT2D eigenvalue weighted by atomic mass is 16.7. The molecule has 2 aliphatic rings. The van der Waals surface area contributed by atoms with Gasteiger partial charge in [-0.1, -0.05) is 27.7 Å². The van der Waals surface area contributed by atoms with Crippen molar-refractivity contribution in [2.24, 2.45) is 0 Å². The van der Waals surface area contributed by atoms with Crippen LogP contribution in [0.4, 0.5) is 0 Å². The second-order valence-corrected chi connectivity index (χ2v) is 13.5. The topological polar surface area (TPSA) is 314 Å². The maximum absolute atomic E-state index is 12.6. The molecule has 25 heteroatoms. The SMILES string of the molecule is CCC(=O)OC1[C@@H](COC(=O)COCCOCCOCC(=O)OC[C@H]2O[C@@H](n3ccc(=O)[nH]c3=O)[C@@H](OC(=O)CC)C2OC(=O)CC)O[C@@H](n2ccc(=O)[nH]c2=O)[C@H]1OC(=O)CC. The summed E-state index contributed by atoms with van der Waals surface area (Å²) in [6.07, 6.45) is -8.35. The molecule has 25 nitrogen and oxygen atoms in total. The fourth-order valence-corrected chi connectivity index (χ4v) is 5.95. The van der Waals surface area contributed by atoms with Gasteiger partial charge in [-0.3, -0.25) is 47.9 Å². The van der Waals surface area contributed by atoms with E-state index in [1.54, 1.807) is 0 Å². The average molecular weight is 899 g/mol. The highest BCUT2D eigenvalue weighted by Gasteiger charge is 2.52. The standard InChI is InChI=1S/C38H50N4O21/c1-5-25(45)60-31-21(58-35(33(31)62-27(47)7-3)41-11-9-23(43)39-37(41)51)17-56-29(49)19-54-15-13-53-14-16-55-20-30(50)57-18-22-32(61-26(46)6-2)34(63-28(48)8-4)36(59-22)42-12-10-24(44)40-38(42)52/h9-12,21-22,31-36H,5-8,13-20H2,1-4H3,(H,39,43,51)(H,40,44,52)/t21-,22-,31?,32?,33+,34+,35-,36-/m1/s1. The number of carbonyl (C=O) groups excluding carboxylic acids is 6. The average Bonchev–Trinajstić information content (AvgIpc) is 3.76. The molecule has 8 atom stereocenters. The van der Waals surface area contributed by atoms with Crippen LogP contribution in [0.25, 0.3) is 0 Å². The Balaban J connectivity index is 1.18. The van der Waals surface area contributed by atoms with E-state index in [0.717, 1.165) is 33.7 Å². The molecule has 0 spiro atoms. The first kappa shape index (κ1) is 49.6. The van der Waals surface area contributed by atoms with E-state index in [1.165, 1.54) is 27.7 Å². The summed E-state index contributed by atoms with van der Waals surface area (Å²) < 4.78 is 62.1. The molecule has 0 radical (unpaired) electrons. The summed E-state index contributed by atoms with van der Waals surface area (Å²) in [6, 6.07) is 2.09. The Labute approximate surface area is 357 Å². The van der Waals surface area contributed by atoms with Crippen molar-refractivity contribution < 1.29 is 80.9 Å². The molecule has 348 valence electrons. The molecule has 4 heterocycles. The molecule has 2 aromatic heterocycles. The van der Waals surface area contributed by atoms with E-state index in [0.29, 0.717) is 0 Å². The number of hydrogen-bond donors (Lipinski definition) is 2. The van der Waals surface area contributed by atoms with Crippen molar-refractivity contribution in [1.82, 2.24) is 19.1 Å². The molecule has 2 aliphatic heterocycles. The maximum atomic E-state index is 12.6. The summed E-state index contributed by atoms with van der Waals surface area (Å²) in [7, 11) is 0. The van der Waals surface area contributed by atoms with Gasteiger partial charge in [-0.15, -0.1) is 0 Å². The van der Waals surface area contributed by atoms with Crippen LogP contribution in [0.15, 0.2) is 43.7 Å². The van der Waals surface area contributed by atoms with E-state index in [2.05, 4.69) is 9.97 Å². The molecule has 0 aliphatic carbocycles. The van der Waals surface area contributed by atoms with E-state index in [1.807, 2.05) is 0 Å². The Kier molecular flexibility index (Phi) is 19.4. The number of rotatable bonds is 24. The van der Waals surface area contributed by atoms with E-state index >= 15 is 0 Å². The zero-order chi connectivity index (χ0) is 46.1. The van der Waals surface area contributed by atoms with Gasteiger partial charge in [-0.25, -0.2) is 19.2 Å². The first-order valence-corrected chi connectivity index (χ1v) is 20.0. The van der Waals surface area contributed by atoms with Gasteiger partial charge in [0, 0.05) is 50.2 Å². The van der Waals surface area contributed by atoms with Crippen molar-refractivity contribution in [3.8, 4) is 0 Å². The number of ether oxygens (including phenoxy) is 11. The highest BCUT2D eigenvalue weighted by Crippen LogP contribution is 2.35. The van der Waals surface area contributed by atoms with E-state index < -0.39 is 134 Å². The molecule has 0 aromatic carbocycles. The molecule has 2 N–H and O–H groups in total. The molecular formula is C38H50N4O21. The van der Waals surface area contributed by atoms with Crippen LogP contribution in [0.5, 0.6) is 0 Å². The van der Waals surface area contributed by atoms with Gasteiger partial charge in [0.1, 0.15) is 38.6 Å². The fourth-order valence-electron chi connectivity index (χ4n) is 5.95. The summed E-state index contributed by atoms with van der Waals surface area (Å²) in [5, 5.41) is 0. The minimum absolute atomic E-state index is 0.00214. The lowest BCUT2D eigenvalue weighted by Gasteiger charge is -2.24. The molecule has 2 fully saturated rings. The Morgan fingerprint density at radius 1 is 0.508 bits per heavy atom. The zero-order valence-corrected chi connectivity index (χ0v) is 34.9. The maximum Gasteiger partial charge on any atom is 0.332 e. The van der Waals surface area contributed by atoms with Gasteiger partial charge in [0.25, 0.3) is 11.1 Å². The molecule has 2 saturated heterocycles. The number of esters is 6. The van der Waals surface area contributed by atoms with Gasteiger partial charge >= 0.3 is 47.2 Å². The van der Waals surface area contributed by atoms with Crippen molar-refractivity contribution in [2.45, 2.75) is 102 Å². The lowest BCUT2D eigenvalue weighted by atomic mass is 10.1. The van der Waals surface area contributed by atoms with E-state index in [4.69, 9.17) is 52.1 Å². The number of H-pyrrole nitrogens is 2.